The number of hydrogen-bond acceptors (Lipinski definition) is 3. The number of rotatable bonds is 8. The summed E-state index contributed by atoms with van der Waals surface area (Å²) in [7, 11) is 0. The summed E-state index contributed by atoms with van der Waals surface area (Å²) in [4.78, 5) is 18.4. The van der Waals surface area contributed by atoms with Crippen molar-refractivity contribution < 1.29 is 9.90 Å². The summed E-state index contributed by atoms with van der Waals surface area (Å²) < 4.78 is 0. The van der Waals surface area contributed by atoms with E-state index in [2.05, 4.69) is 16.9 Å². The van der Waals surface area contributed by atoms with Crippen LogP contribution in [-0.4, -0.2) is 27.6 Å². The quantitative estimate of drug-likeness (QED) is 0.638. The smallest absolute Gasteiger partial charge is 0.306 e. The number of carbonyl (C=O) groups is 1. The van der Waals surface area contributed by atoms with Gasteiger partial charge in [-0.2, -0.15) is 0 Å². The molecular formula is C12H21N3O2. The van der Waals surface area contributed by atoms with Crippen molar-refractivity contribution in [2.24, 2.45) is 11.7 Å². The Bertz CT molecular complexity index is 349. The molecule has 96 valence electrons. The molecule has 1 atom stereocenters. The van der Waals surface area contributed by atoms with Crippen LogP contribution in [-0.2, 0) is 17.6 Å². The van der Waals surface area contributed by atoms with Gasteiger partial charge >= 0.3 is 5.97 Å². The molecule has 0 aliphatic carbocycles. The second-order valence-electron chi connectivity index (χ2n) is 4.28. The Kier molecular flexibility index (Phi) is 5.69. The lowest BCUT2D eigenvalue weighted by Gasteiger charge is -2.09. The van der Waals surface area contributed by atoms with Gasteiger partial charge in [0.1, 0.15) is 5.82 Å². The maximum Gasteiger partial charge on any atom is 0.306 e. The molecule has 1 aromatic heterocycles. The van der Waals surface area contributed by atoms with E-state index in [1.165, 1.54) is 0 Å². The molecule has 1 heterocycles. The Morgan fingerprint density at radius 2 is 2.41 bits per heavy atom. The van der Waals surface area contributed by atoms with Gasteiger partial charge in [0.25, 0.3) is 0 Å². The lowest BCUT2D eigenvalue weighted by molar-refractivity contribution is -0.142. The zero-order valence-corrected chi connectivity index (χ0v) is 10.3. The topological polar surface area (TPSA) is 92.0 Å². The molecule has 0 aliphatic heterocycles. The van der Waals surface area contributed by atoms with E-state index in [1.54, 1.807) is 6.20 Å². The van der Waals surface area contributed by atoms with Gasteiger partial charge in [0, 0.05) is 18.3 Å². The Hall–Kier alpha value is -1.36. The number of carboxylic acid groups (broad SMARTS) is 1. The van der Waals surface area contributed by atoms with Crippen molar-refractivity contribution in [2.75, 3.05) is 6.54 Å². The first kappa shape index (κ1) is 13.7. The molecule has 0 saturated heterocycles. The van der Waals surface area contributed by atoms with Crippen LogP contribution in [0.3, 0.4) is 0 Å². The Balaban J connectivity index is 2.55. The summed E-state index contributed by atoms with van der Waals surface area (Å²) in [5.74, 6) is -0.399. The van der Waals surface area contributed by atoms with Gasteiger partial charge in [-0.15, -0.1) is 0 Å². The van der Waals surface area contributed by atoms with Crippen LogP contribution in [0.2, 0.25) is 0 Å². The molecule has 0 bridgehead atoms. The highest BCUT2D eigenvalue weighted by molar-refractivity contribution is 5.70. The number of nitrogens with one attached hydrogen (secondary N) is 1. The molecular weight excluding hydrogens is 218 g/mol. The molecule has 17 heavy (non-hydrogen) atoms. The highest BCUT2D eigenvalue weighted by Crippen LogP contribution is 2.13. The molecule has 0 aliphatic rings. The molecule has 1 unspecified atom stereocenters. The second-order valence-corrected chi connectivity index (χ2v) is 4.28. The first-order valence-corrected chi connectivity index (χ1v) is 6.13. The number of aromatic nitrogens is 2. The zero-order valence-electron chi connectivity index (χ0n) is 10.3. The number of aromatic amines is 1. The van der Waals surface area contributed by atoms with E-state index in [0.29, 0.717) is 19.4 Å². The minimum atomic E-state index is -0.771. The molecule has 1 aromatic rings. The van der Waals surface area contributed by atoms with E-state index in [1.807, 2.05) is 0 Å². The molecule has 0 saturated carbocycles. The molecule has 0 radical (unpaired) electrons. The lowest BCUT2D eigenvalue weighted by atomic mass is 9.99. The molecule has 4 N–H and O–H groups in total. The maximum atomic E-state index is 11.1. The van der Waals surface area contributed by atoms with Crippen molar-refractivity contribution in [3.8, 4) is 0 Å². The summed E-state index contributed by atoms with van der Waals surface area (Å²) in [6, 6.07) is 0. The number of aliphatic carboxylic acids is 1. The Labute approximate surface area is 101 Å². The Morgan fingerprint density at radius 1 is 1.65 bits per heavy atom. The molecule has 5 nitrogen and oxygen atoms in total. The van der Waals surface area contributed by atoms with Gasteiger partial charge < -0.3 is 15.8 Å². The van der Waals surface area contributed by atoms with E-state index in [0.717, 1.165) is 30.8 Å². The van der Waals surface area contributed by atoms with Crippen molar-refractivity contribution in [1.29, 1.82) is 0 Å². The normalized spacial score (nSPS) is 12.6. The van der Waals surface area contributed by atoms with E-state index >= 15 is 0 Å². The van der Waals surface area contributed by atoms with Crippen molar-refractivity contribution in [3.05, 3.63) is 17.7 Å². The number of imidazole rings is 1. The average Bonchev–Trinajstić information content (AvgIpc) is 2.72. The third-order valence-electron chi connectivity index (χ3n) is 2.75. The van der Waals surface area contributed by atoms with Gasteiger partial charge in [0.15, 0.2) is 0 Å². The predicted molar refractivity (Wildman–Crippen MR) is 65.7 cm³/mol. The first-order chi connectivity index (χ1) is 8.17. The van der Waals surface area contributed by atoms with Gasteiger partial charge in [-0.1, -0.05) is 13.3 Å². The standard InChI is InChI=1S/C12H21N3O2/c1-2-4-10-8-14-11(15-10)7-9(12(16)17)5-3-6-13/h8-9H,2-7,13H2,1H3,(H,14,15)(H,16,17). The van der Waals surface area contributed by atoms with Gasteiger partial charge in [0.05, 0.1) is 5.92 Å². The molecule has 5 heteroatoms. The number of aryl methyl sites for hydroxylation is 1. The van der Waals surface area contributed by atoms with E-state index < -0.39 is 5.97 Å². The molecule has 0 fully saturated rings. The Morgan fingerprint density at radius 3 is 3.00 bits per heavy atom. The van der Waals surface area contributed by atoms with Crippen LogP contribution in [0.25, 0.3) is 0 Å². The van der Waals surface area contributed by atoms with Gasteiger partial charge in [0.2, 0.25) is 0 Å². The van der Waals surface area contributed by atoms with E-state index in [4.69, 9.17) is 10.8 Å². The van der Waals surface area contributed by atoms with Crippen molar-refractivity contribution >= 4 is 5.97 Å². The molecule has 1 rings (SSSR count). The largest absolute Gasteiger partial charge is 0.481 e. The van der Waals surface area contributed by atoms with Crippen LogP contribution in [0, 0.1) is 5.92 Å². The molecule has 0 spiro atoms. The van der Waals surface area contributed by atoms with Crippen molar-refractivity contribution in [2.45, 2.75) is 39.0 Å². The van der Waals surface area contributed by atoms with Crippen LogP contribution in [0.5, 0.6) is 0 Å². The monoisotopic (exact) mass is 239 g/mol. The summed E-state index contributed by atoms with van der Waals surface area (Å²) in [5, 5.41) is 9.09. The summed E-state index contributed by atoms with van der Waals surface area (Å²) in [6.45, 7) is 2.63. The first-order valence-electron chi connectivity index (χ1n) is 6.13. The minimum Gasteiger partial charge on any atom is -0.481 e. The number of nitrogens with zero attached hydrogens (tertiary/aromatic N) is 1. The number of H-pyrrole nitrogens is 1. The SMILES string of the molecule is CCCc1cnc(CC(CCCN)C(=O)O)[nH]1. The van der Waals surface area contributed by atoms with Crippen LogP contribution in [0.4, 0.5) is 0 Å². The maximum absolute atomic E-state index is 11.1. The lowest BCUT2D eigenvalue weighted by Crippen LogP contribution is -2.18. The summed E-state index contributed by atoms with van der Waals surface area (Å²) in [6.07, 6.45) is 5.60. The van der Waals surface area contributed by atoms with Gasteiger partial charge in [-0.3, -0.25) is 4.79 Å². The third kappa shape index (κ3) is 4.56. The molecule has 0 aromatic carbocycles. The highest BCUT2D eigenvalue weighted by Gasteiger charge is 2.18. The van der Waals surface area contributed by atoms with Crippen LogP contribution in [0.15, 0.2) is 6.20 Å². The number of hydrogen-bond donors (Lipinski definition) is 3. The fourth-order valence-electron chi connectivity index (χ4n) is 1.82. The fraction of sp³-hybridized carbons (Fsp3) is 0.667. The fourth-order valence-corrected chi connectivity index (χ4v) is 1.82. The third-order valence-corrected chi connectivity index (χ3v) is 2.75. The van der Waals surface area contributed by atoms with Gasteiger partial charge in [-0.25, -0.2) is 4.98 Å². The zero-order chi connectivity index (χ0) is 12.7. The summed E-state index contributed by atoms with van der Waals surface area (Å²) in [5.41, 5.74) is 6.47. The molecule has 0 amide bonds. The van der Waals surface area contributed by atoms with Crippen molar-refractivity contribution in [3.63, 3.8) is 0 Å². The van der Waals surface area contributed by atoms with Crippen LogP contribution in [0.1, 0.15) is 37.7 Å². The predicted octanol–water partition coefficient (Wildman–Crippen LogP) is 1.34. The van der Waals surface area contributed by atoms with Crippen LogP contribution >= 0.6 is 0 Å². The minimum absolute atomic E-state index is 0.390. The van der Waals surface area contributed by atoms with Crippen molar-refractivity contribution in [1.82, 2.24) is 9.97 Å². The highest BCUT2D eigenvalue weighted by atomic mass is 16.4. The number of nitrogens with two attached hydrogens (primary N) is 1. The van der Waals surface area contributed by atoms with Gasteiger partial charge in [-0.05, 0) is 25.8 Å². The van der Waals surface area contributed by atoms with Crippen LogP contribution < -0.4 is 5.73 Å². The average molecular weight is 239 g/mol. The second kappa shape index (κ2) is 7.06. The van der Waals surface area contributed by atoms with E-state index in [-0.39, 0.29) is 5.92 Å². The summed E-state index contributed by atoms with van der Waals surface area (Å²) >= 11 is 0. The number of carboxylic acids is 1. The van der Waals surface area contributed by atoms with E-state index in [9.17, 15) is 4.79 Å².